The van der Waals surface area contributed by atoms with E-state index in [1.807, 2.05) is 6.92 Å². The van der Waals surface area contributed by atoms with Gasteiger partial charge in [0.15, 0.2) is 5.78 Å². The van der Waals surface area contributed by atoms with Crippen LogP contribution in [0, 0.1) is 0 Å². The third kappa shape index (κ3) is 3.13. The average Bonchev–Trinajstić information content (AvgIpc) is 2.91. The topological polar surface area (TPSA) is 79.4 Å². The molecule has 0 spiro atoms. The quantitative estimate of drug-likeness (QED) is 0.673. The molecular weight excluding hydrogens is 342 g/mol. The number of carbonyl (C=O) groups is 3. The summed E-state index contributed by atoms with van der Waals surface area (Å²) in [6, 6.07) is 7.39. The zero-order valence-electron chi connectivity index (χ0n) is 13.5. The number of fused-ring (bicyclic) bond motifs is 1. The molecular formula is C18H16ClN3O3. The average molecular weight is 358 g/mol. The van der Waals surface area contributed by atoms with E-state index < -0.39 is 23.6 Å². The van der Waals surface area contributed by atoms with Crippen molar-refractivity contribution in [2.75, 3.05) is 11.4 Å². The number of pyridine rings is 1. The van der Waals surface area contributed by atoms with Crippen molar-refractivity contribution in [2.24, 2.45) is 0 Å². The summed E-state index contributed by atoms with van der Waals surface area (Å²) >= 11 is 6.04. The molecule has 1 unspecified atom stereocenters. The van der Waals surface area contributed by atoms with Crippen molar-refractivity contribution < 1.29 is 14.4 Å². The Morgan fingerprint density at radius 3 is 2.80 bits per heavy atom. The lowest BCUT2D eigenvalue weighted by atomic mass is 9.92. The molecule has 0 bridgehead atoms. The second kappa shape index (κ2) is 7.03. The Labute approximate surface area is 149 Å². The zero-order valence-corrected chi connectivity index (χ0v) is 14.3. The summed E-state index contributed by atoms with van der Waals surface area (Å²) in [6.07, 6.45) is 3.68. The van der Waals surface area contributed by atoms with Crippen LogP contribution in [0.1, 0.15) is 35.2 Å². The van der Waals surface area contributed by atoms with Crippen LogP contribution in [0.4, 0.5) is 10.5 Å². The first-order valence-electron chi connectivity index (χ1n) is 7.90. The standard InChI is InChI=1S/C18H16ClN3O3/c1-2-7-21-18(25)22-14-6-5-12(19)9-13(14)15(17(22)24)16(23)11-4-3-8-20-10-11/h3-6,8-10,15H,2,7H2,1H3,(H,21,25). The van der Waals surface area contributed by atoms with Crippen molar-refractivity contribution in [3.8, 4) is 0 Å². The van der Waals surface area contributed by atoms with E-state index in [1.54, 1.807) is 36.5 Å². The van der Waals surface area contributed by atoms with Gasteiger partial charge >= 0.3 is 6.03 Å². The molecule has 2 heterocycles. The Bertz CT molecular complexity index is 839. The van der Waals surface area contributed by atoms with Crippen LogP contribution in [0.2, 0.25) is 5.02 Å². The van der Waals surface area contributed by atoms with Crippen molar-refractivity contribution in [2.45, 2.75) is 19.3 Å². The van der Waals surface area contributed by atoms with Gasteiger partial charge in [-0.05, 0) is 42.3 Å². The zero-order chi connectivity index (χ0) is 18.0. The molecule has 1 aromatic heterocycles. The van der Waals surface area contributed by atoms with Crippen molar-refractivity contribution in [1.82, 2.24) is 10.3 Å². The van der Waals surface area contributed by atoms with E-state index >= 15 is 0 Å². The number of hydrogen-bond donors (Lipinski definition) is 1. The number of benzene rings is 1. The minimum Gasteiger partial charge on any atom is -0.337 e. The third-order valence-corrected chi connectivity index (χ3v) is 4.18. The van der Waals surface area contributed by atoms with E-state index in [2.05, 4.69) is 10.3 Å². The molecule has 1 atom stereocenters. The number of hydrogen-bond acceptors (Lipinski definition) is 4. The van der Waals surface area contributed by atoms with Gasteiger partial charge in [0.05, 0.1) is 5.69 Å². The number of urea groups is 1. The Kier molecular flexibility index (Phi) is 4.81. The predicted molar refractivity (Wildman–Crippen MR) is 93.9 cm³/mol. The maximum Gasteiger partial charge on any atom is 0.328 e. The van der Waals surface area contributed by atoms with Crippen molar-refractivity contribution in [3.63, 3.8) is 0 Å². The monoisotopic (exact) mass is 357 g/mol. The lowest BCUT2D eigenvalue weighted by molar-refractivity contribution is -0.117. The highest BCUT2D eigenvalue weighted by atomic mass is 35.5. The van der Waals surface area contributed by atoms with E-state index in [9.17, 15) is 14.4 Å². The maximum atomic E-state index is 12.9. The van der Waals surface area contributed by atoms with E-state index in [0.29, 0.717) is 28.4 Å². The van der Waals surface area contributed by atoms with Crippen LogP contribution < -0.4 is 10.2 Å². The number of ketones is 1. The minimum absolute atomic E-state index is 0.308. The molecule has 0 saturated heterocycles. The third-order valence-electron chi connectivity index (χ3n) is 3.95. The van der Waals surface area contributed by atoms with Crippen LogP contribution >= 0.6 is 11.6 Å². The molecule has 128 valence electrons. The molecule has 1 aromatic carbocycles. The molecule has 0 radical (unpaired) electrons. The molecule has 3 amide bonds. The number of aromatic nitrogens is 1. The molecule has 0 fully saturated rings. The molecule has 1 aliphatic heterocycles. The highest BCUT2D eigenvalue weighted by Crippen LogP contribution is 2.40. The summed E-state index contributed by atoms with van der Waals surface area (Å²) in [6.45, 7) is 2.35. The largest absolute Gasteiger partial charge is 0.337 e. The Morgan fingerprint density at radius 1 is 1.32 bits per heavy atom. The van der Waals surface area contributed by atoms with Crippen molar-refractivity contribution in [3.05, 3.63) is 58.9 Å². The van der Waals surface area contributed by atoms with Gasteiger partial charge in [0.25, 0.3) is 5.91 Å². The molecule has 0 saturated carbocycles. The van der Waals surface area contributed by atoms with Gasteiger partial charge in [-0.3, -0.25) is 14.6 Å². The van der Waals surface area contributed by atoms with Gasteiger partial charge in [-0.2, -0.15) is 0 Å². The summed E-state index contributed by atoms with van der Waals surface area (Å²) in [5.41, 5.74) is 1.12. The highest BCUT2D eigenvalue weighted by Gasteiger charge is 2.45. The van der Waals surface area contributed by atoms with E-state index in [4.69, 9.17) is 11.6 Å². The number of anilines is 1. The van der Waals surface area contributed by atoms with E-state index in [0.717, 1.165) is 11.3 Å². The lowest BCUT2D eigenvalue weighted by Crippen LogP contribution is -2.43. The minimum atomic E-state index is -1.11. The molecule has 7 heteroatoms. The van der Waals surface area contributed by atoms with Crippen LogP contribution in [0.5, 0.6) is 0 Å². The van der Waals surface area contributed by atoms with Crippen LogP contribution in [0.25, 0.3) is 0 Å². The smallest absolute Gasteiger partial charge is 0.328 e. The fourth-order valence-electron chi connectivity index (χ4n) is 2.79. The molecule has 2 aromatic rings. The van der Waals surface area contributed by atoms with Crippen LogP contribution in [0.15, 0.2) is 42.7 Å². The molecule has 3 rings (SSSR count). The fourth-order valence-corrected chi connectivity index (χ4v) is 2.97. The SMILES string of the molecule is CCCNC(=O)N1C(=O)C(C(=O)c2cccnc2)c2cc(Cl)ccc21. The number of Topliss-reactive ketones (excluding diaryl/α,β-unsaturated/α-hetero) is 1. The van der Waals surface area contributed by atoms with Gasteiger partial charge in [0, 0.05) is 29.5 Å². The first-order valence-corrected chi connectivity index (χ1v) is 8.28. The Morgan fingerprint density at radius 2 is 2.12 bits per heavy atom. The normalized spacial score (nSPS) is 15.8. The number of rotatable bonds is 4. The Hall–Kier alpha value is -2.73. The lowest BCUT2D eigenvalue weighted by Gasteiger charge is -2.16. The fraction of sp³-hybridized carbons (Fsp3) is 0.222. The van der Waals surface area contributed by atoms with E-state index in [-0.39, 0.29) is 0 Å². The molecule has 25 heavy (non-hydrogen) atoms. The Balaban J connectivity index is 2.03. The number of imide groups is 1. The van der Waals surface area contributed by atoms with Crippen molar-refractivity contribution >= 4 is 35.0 Å². The highest BCUT2D eigenvalue weighted by molar-refractivity contribution is 6.33. The summed E-state index contributed by atoms with van der Waals surface area (Å²) in [5, 5.41) is 3.06. The van der Waals surface area contributed by atoms with Gasteiger partial charge in [0.2, 0.25) is 0 Å². The first kappa shape index (κ1) is 17.1. The summed E-state index contributed by atoms with van der Waals surface area (Å²) in [5.74, 6) is -2.10. The predicted octanol–water partition coefficient (Wildman–Crippen LogP) is 3.17. The molecule has 6 nitrogen and oxygen atoms in total. The molecule has 1 N–H and O–H groups in total. The van der Waals surface area contributed by atoms with Gasteiger partial charge in [-0.1, -0.05) is 18.5 Å². The second-order valence-corrected chi connectivity index (χ2v) is 6.08. The van der Waals surface area contributed by atoms with Gasteiger partial charge in [-0.15, -0.1) is 0 Å². The number of amides is 3. The second-order valence-electron chi connectivity index (χ2n) is 5.65. The maximum absolute atomic E-state index is 12.9. The van der Waals surface area contributed by atoms with Crippen LogP contribution in [-0.4, -0.2) is 29.3 Å². The van der Waals surface area contributed by atoms with Gasteiger partial charge in [-0.25, -0.2) is 9.69 Å². The number of carbonyl (C=O) groups excluding carboxylic acids is 3. The first-order chi connectivity index (χ1) is 12.0. The molecule has 1 aliphatic rings. The number of nitrogens with one attached hydrogen (secondary N) is 1. The summed E-state index contributed by atoms with van der Waals surface area (Å²) < 4.78 is 0. The number of halogens is 1. The van der Waals surface area contributed by atoms with Crippen LogP contribution in [-0.2, 0) is 4.79 Å². The number of nitrogens with zero attached hydrogens (tertiary/aromatic N) is 2. The summed E-state index contributed by atoms with van der Waals surface area (Å²) in [7, 11) is 0. The van der Waals surface area contributed by atoms with E-state index in [1.165, 1.54) is 6.20 Å². The summed E-state index contributed by atoms with van der Waals surface area (Å²) in [4.78, 5) is 43.1. The molecule has 0 aliphatic carbocycles. The van der Waals surface area contributed by atoms with Gasteiger partial charge in [0.1, 0.15) is 5.92 Å². The van der Waals surface area contributed by atoms with Crippen LogP contribution in [0.3, 0.4) is 0 Å². The van der Waals surface area contributed by atoms with Gasteiger partial charge < -0.3 is 5.32 Å². The van der Waals surface area contributed by atoms with Crippen molar-refractivity contribution in [1.29, 1.82) is 0 Å².